The number of thioether (sulfide) groups is 1. The van der Waals surface area contributed by atoms with Gasteiger partial charge in [-0.2, -0.15) is 11.8 Å². The summed E-state index contributed by atoms with van der Waals surface area (Å²) in [7, 11) is 1.82. The Balaban J connectivity index is 1.82. The van der Waals surface area contributed by atoms with Crippen LogP contribution in [0.25, 0.3) is 0 Å². The highest BCUT2D eigenvalue weighted by Gasteiger charge is 2.16. The fraction of sp³-hybridized carbons (Fsp3) is 0.278. The van der Waals surface area contributed by atoms with E-state index in [9.17, 15) is 4.79 Å². The second kappa shape index (κ2) is 8.61. The third kappa shape index (κ3) is 5.20. The standard InChI is InChI=1S/C18H22N2OS/c1-14-8-10-16(11-9-14)20-18(21)17(19-2)13-22-12-15-6-4-3-5-7-15/h3-11,17,19H,12-13H2,1-2H3,(H,20,21)/t17-/m0/s1. The molecule has 0 unspecified atom stereocenters. The zero-order chi connectivity index (χ0) is 15.8. The number of carbonyl (C=O) groups is 1. The van der Waals surface area contributed by atoms with E-state index in [1.807, 2.05) is 56.4 Å². The molecular formula is C18H22N2OS. The molecule has 2 aromatic carbocycles. The molecule has 0 aliphatic rings. The van der Waals surface area contributed by atoms with Gasteiger partial charge in [-0.15, -0.1) is 0 Å². The Morgan fingerprint density at radius 2 is 1.77 bits per heavy atom. The molecule has 0 aliphatic carbocycles. The van der Waals surface area contributed by atoms with Gasteiger partial charge in [-0.3, -0.25) is 4.79 Å². The number of amides is 1. The maximum absolute atomic E-state index is 12.3. The molecular weight excluding hydrogens is 292 g/mol. The molecule has 1 atom stereocenters. The van der Waals surface area contributed by atoms with Crippen LogP contribution in [0.1, 0.15) is 11.1 Å². The van der Waals surface area contributed by atoms with Crippen molar-refractivity contribution >= 4 is 23.4 Å². The second-order valence-electron chi connectivity index (χ2n) is 5.20. The van der Waals surface area contributed by atoms with Crippen LogP contribution in [0.4, 0.5) is 5.69 Å². The van der Waals surface area contributed by atoms with Crippen LogP contribution in [0.5, 0.6) is 0 Å². The van der Waals surface area contributed by atoms with E-state index < -0.39 is 0 Å². The third-order valence-corrected chi connectivity index (χ3v) is 4.49. The van der Waals surface area contributed by atoms with Gasteiger partial charge in [0, 0.05) is 17.2 Å². The normalized spacial score (nSPS) is 11.9. The van der Waals surface area contributed by atoms with Crippen molar-refractivity contribution in [2.45, 2.75) is 18.7 Å². The van der Waals surface area contributed by atoms with Crippen LogP contribution in [0.3, 0.4) is 0 Å². The van der Waals surface area contributed by atoms with Gasteiger partial charge in [0.15, 0.2) is 0 Å². The van der Waals surface area contributed by atoms with E-state index in [0.717, 1.165) is 17.2 Å². The third-order valence-electron chi connectivity index (χ3n) is 3.38. The molecule has 0 spiro atoms. The van der Waals surface area contributed by atoms with Gasteiger partial charge in [0.2, 0.25) is 5.91 Å². The Labute approximate surface area is 136 Å². The quantitative estimate of drug-likeness (QED) is 0.822. The number of benzene rings is 2. The SMILES string of the molecule is CN[C@@H](CSCc1ccccc1)C(=O)Nc1ccc(C)cc1. The lowest BCUT2D eigenvalue weighted by molar-refractivity contribution is -0.117. The number of hydrogen-bond donors (Lipinski definition) is 2. The summed E-state index contributed by atoms with van der Waals surface area (Å²) in [4.78, 5) is 12.3. The fourth-order valence-electron chi connectivity index (χ4n) is 2.03. The van der Waals surface area contributed by atoms with E-state index in [0.29, 0.717) is 0 Å². The maximum Gasteiger partial charge on any atom is 0.242 e. The van der Waals surface area contributed by atoms with Gasteiger partial charge in [-0.25, -0.2) is 0 Å². The summed E-state index contributed by atoms with van der Waals surface area (Å²) in [5.41, 5.74) is 3.30. The summed E-state index contributed by atoms with van der Waals surface area (Å²) in [6.45, 7) is 2.03. The van der Waals surface area contributed by atoms with Crippen LogP contribution in [-0.2, 0) is 10.5 Å². The molecule has 22 heavy (non-hydrogen) atoms. The summed E-state index contributed by atoms with van der Waals surface area (Å²) in [6, 6.07) is 17.9. The minimum Gasteiger partial charge on any atom is -0.325 e. The molecule has 0 heterocycles. The van der Waals surface area contributed by atoms with E-state index in [1.54, 1.807) is 11.8 Å². The second-order valence-corrected chi connectivity index (χ2v) is 6.23. The van der Waals surface area contributed by atoms with E-state index >= 15 is 0 Å². The average molecular weight is 314 g/mol. The molecule has 116 valence electrons. The Bertz CT molecular complexity index is 584. The Hall–Kier alpha value is -1.78. The fourth-order valence-corrected chi connectivity index (χ4v) is 3.12. The van der Waals surface area contributed by atoms with Gasteiger partial charge >= 0.3 is 0 Å². The number of carbonyl (C=O) groups excluding carboxylic acids is 1. The van der Waals surface area contributed by atoms with Crippen molar-refractivity contribution in [3.8, 4) is 0 Å². The monoisotopic (exact) mass is 314 g/mol. The number of anilines is 1. The van der Waals surface area contributed by atoms with Crippen LogP contribution in [0, 0.1) is 6.92 Å². The summed E-state index contributed by atoms with van der Waals surface area (Å²) in [5.74, 6) is 1.66. The lowest BCUT2D eigenvalue weighted by Gasteiger charge is -2.16. The molecule has 1 amide bonds. The maximum atomic E-state index is 12.3. The zero-order valence-electron chi connectivity index (χ0n) is 13.0. The Kier molecular flexibility index (Phi) is 6.49. The molecule has 0 bridgehead atoms. The molecule has 0 saturated carbocycles. The van der Waals surface area contributed by atoms with Crippen molar-refractivity contribution in [2.24, 2.45) is 0 Å². The first kappa shape index (κ1) is 16.6. The van der Waals surface area contributed by atoms with Crippen molar-refractivity contribution in [3.05, 3.63) is 65.7 Å². The lowest BCUT2D eigenvalue weighted by atomic mass is 10.2. The molecule has 4 heteroatoms. The predicted molar refractivity (Wildman–Crippen MR) is 95.3 cm³/mol. The lowest BCUT2D eigenvalue weighted by Crippen LogP contribution is -2.40. The molecule has 0 radical (unpaired) electrons. The summed E-state index contributed by atoms with van der Waals surface area (Å²) < 4.78 is 0. The van der Waals surface area contributed by atoms with Crippen molar-refractivity contribution in [3.63, 3.8) is 0 Å². The van der Waals surface area contributed by atoms with Crippen LogP contribution in [0.15, 0.2) is 54.6 Å². The van der Waals surface area contributed by atoms with Crippen LogP contribution < -0.4 is 10.6 Å². The van der Waals surface area contributed by atoms with E-state index in [-0.39, 0.29) is 11.9 Å². The van der Waals surface area contributed by atoms with E-state index in [1.165, 1.54) is 11.1 Å². The van der Waals surface area contributed by atoms with Gasteiger partial charge in [0.1, 0.15) is 0 Å². The van der Waals surface area contributed by atoms with Gasteiger partial charge in [-0.05, 0) is 31.7 Å². The number of rotatable bonds is 7. The van der Waals surface area contributed by atoms with Gasteiger partial charge in [0.05, 0.1) is 6.04 Å². The van der Waals surface area contributed by atoms with Gasteiger partial charge in [-0.1, -0.05) is 48.0 Å². The number of likely N-dealkylation sites (N-methyl/N-ethyl adjacent to an activating group) is 1. The summed E-state index contributed by atoms with van der Waals surface area (Å²) >= 11 is 1.76. The molecule has 2 N–H and O–H groups in total. The molecule has 0 fully saturated rings. The molecule has 0 aliphatic heterocycles. The Morgan fingerprint density at radius 1 is 1.09 bits per heavy atom. The van der Waals surface area contributed by atoms with Crippen molar-refractivity contribution in [1.82, 2.24) is 5.32 Å². The number of aryl methyl sites for hydroxylation is 1. The van der Waals surface area contributed by atoms with E-state index in [2.05, 4.69) is 22.8 Å². The zero-order valence-corrected chi connectivity index (χ0v) is 13.8. The highest BCUT2D eigenvalue weighted by molar-refractivity contribution is 7.98. The minimum absolute atomic E-state index is 0.00640. The summed E-state index contributed by atoms with van der Waals surface area (Å²) in [6.07, 6.45) is 0. The topological polar surface area (TPSA) is 41.1 Å². The first-order valence-electron chi connectivity index (χ1n) is 7.35. The first-order chi connectivity index (χ1) is 10.7. The van der Waals surface area contributed by atoms with Crippen LogP contribution >= 0.6 is 11.8 Å². The molecule has 2 rings (SSSR count). The van der Waals surface area contributed by atoms with Gasteiger partial charge in [0.25, 0.3) is 0 Å². The highest BCUT2D eigenvalue weighted by Crippen LogP contribution is 2.14. The molecule has 0 saturated heterocycles. The molecule has 0 aromatic heterocycles. The number of hydrogen-bond acceptors (Lipinski definition) is 3. The highest BCUT2D eigenvalue weighted by atomic mass is 32.2. The van der Waals surface area contributed by atoms with Crippen molar-refractivity contribution < 1.29 is 4.79 Å². The predicted octanol–water partition coefficient (Wildman–Crippen LogP) is 3.45. The Morgan fingerprint density at radius 3 is 2.41 bits per heavy atom. The summed E-state index contributed by atoms with van der Waals surface area (Å²) in [5, 5.41) is 6.04. The molecule has 2 aromatic rings. The minimum atomic E-state index is -0.199. The van der Waals surface area contributed by atoms with Crippen LogP contribution in [-0.4, -0.2) is 24.7 Å². The van der Waals surface area contributed by atoms with Crippen LogP contribution in [0.2, 0.25) is 0 Å². The largest absolute Gasteiger partial charge is 0.325 e. The average Bonchev–Trinajstić information content (AvgIpc) is 2.54. The molecule has 3 nitrogen and oxygen atoms in total. The smallest absolute Gasteiger partial charge is 0.242 e. The first-order valence-corrected chi connectivity index (χ1v) is 8.51. The van der Waals surface area contributed by atoms with Gasteiger partial charge < -0.3 is 10.6 Å². The van der Waals surface area contributed by atoms with E-state index in [4.69, 9.17) is 0 Å². The number of nitrogens with one attached hydrogen (secondary N) is 2. The van der Waals surface area contributed by atoms with Crippen molar-refractivity contribution in [2.75, 3.05) is 18.1 Å². The van der Waals surface area contributed by atoms with Crippen molar-refractivity contribution in [1.29, 1.82) is 0 Å².